The highest BCUT2D eigenvalue weighted by Gasteiger charge is 2.17. The third kappa shape index (κ3) is 2.36. The van der Waals surface area contributed by atoms with Gasteiger partial charge in [-0.1, -0.05) is 18.2 Å². The minimum atomic E-state index is -0.184. The van der Waals surface area contributed by atoms with Gasteiger partial charge in [0, 0.05) is 17.1 Å². The number of carbonyl (C=O) groups excluding carboxylic acids is 1. The number of nitrogen functional groups attached to an aromatic ring is 1. The number of aromatic nitrogens is 3. The van der Waals surface area contributed by atoms with Crippen LogP contribution in [-0.4, -0.2) is 20.7 Å². The summed E-state index contributed by atoms with van der Waals surface area (Å²) in [5.74, 6) is 0.510. The van der Waals surface area contributed by atoms with Crippen LogP contribution in [0.5, 0.6) is 0 Å². The first-order chi connectivity index (χ1) is 10.1. The van der Waals surface area contributed by atoms with Gasteiger partial charge in [-0.05, 0) is 12.5 Å². The molecule has 3 rings (SSSR count). The summed E-state index contributed by atoms with van der Waals surface area (Å²) in [5.41, 5.74) is 7.76. The van der Waals surface area contributed by atoms with Crippen molar-refractivity contribution in [2.45, 2.75) is 13.5 Å². The van der Waals surface area contributed by atoms with Crippen molar-refractivity contribution in [1.29, 1.82) is 0 Å². The topological polar surface area (TPSA) is 85.8 Å². The van der Waals surface area contributed by atoms with Gasteiger partial charge in [0.15, 0.2) is 5.82 Å². The largest absolute Gasteiger partial charge is 0.397 e. The third-order valence-corrected chi connectivity index (χ3v) is 4.72. The molecule has 0 spiro atoms. The summed E-state index contributed by atoms with van der Waals surface area (Å²) in [4.78, 5) is 12.9. The molecule has 0 fully saturated rings. The molecule has 2 aromatic heterocycles. The molecule has 1 aromatic carbocycles. The zero-order valence-electron chi connectivity index (χ0n) is 11.8. The van der Waals surface area contributed by atoms with E-state index < -0.39 is 0 Å². The Labute approximate surface area is 125 Å². The molecule has 0 saturated heterocycles. The molecule has 7 heteroatoms. The van der Waals surface area contributed by atoms with Crippen molar-refractivity contribution in [3.05, 3.63) is 40.8 Å². The van der Waals surface area contributed by atoms with E-state index in [4.69, 9.17) is 5.73 Å². The average Bonchev–Trinajstić information content (AvgIpc) is 3.02. The number of benzene rings is 1. The zero-order chi connectivity index (χ0) is 15.0. The van der Waals surface area contributed by atoms with Crippen LogP contribution in [0.1, 0.15) is 21.1 Å². The predicted octanol–water partition coefficient (Wildman–Crippen LogP) is 1.85. The molecule has 3 aromatic rings. The van der Waals surface area contributed by atoms with Crippen molar-refractivity contribution < 1.29 is 4.79 Å². The molecule has 0 radical (unpaired) electrons. The Hall–Kier alpha value is -2.41. The molecule has 1 amide bonds. The van der Waals surface area contributed by atoms with Crippen LogP contribution in [0.4, 0.5) is 5.69 Å². The number of nitrogens with zero attached hydrogens (tertiary/aromatic N) is 3. The van der Waals surface area contributed by atoms with Gasteiger partial charge in [0.25, 0.3) is 5.91 Å². The summed E-state index contributed by atoms with van der Waals surface area (Å²) in [7, 11) is 1.83. The number of fused-ring (bicyclic) bond motifs is 1. The molecule has 0 atom stereocenters. The molecule has 6 nitrogen and oxygen atoms in total. The molecule has 108 valence electrons. The van der Waals surface area contributed by atoms with Crippen molar-refractivity contribution in [2.75, 3.05) is 5.73 Å². The van der Waals surface area contributed by atoms with E-state index in [-0.39, 0.29) is 5.91 Å². The molecule has 0 unspecified atom stereocenters. The lowest BCUT2D eigenvalue weighted by molar-refractivity contribution is 0.0954. The van der Waals surface area contributed by atoms with Crippen molar-refractivity contribution in [1.82, 2.24) is 20.1 Å². The summed E-state index contributed by atoms with van der Waals surface area (Å²) >= 11 is 1.42. The lowest BCUT2D eigenvalue weighted by Crippen LogP contribution is -2.24. The Balaban J connectivity index is 1.86. The van der Waals surface area contributed by atoms with Crippen molar-refractivity contribution in [3.8, 4) is 0 Å². The molecular formula is C14H15N5OS. The summed E-state index contributed by atoms with van der Waals surface area (Å²) in [5, 5.41) is 11.5. The molecule has 21 heavy (non-hydrogen) atoms. The monoisotopic (exact) mass is 301 g/mol. The minimum Gasteiger partial charge on any atom is -0.397 e. The van der Waals surface area contributed by atoms with Crippen LogP contribution in [0.15, 0.2) is 24.5 Å². The zero-order valence-corrected chi connectivity index (χ0v) is 12.6. The second-order valence-corrected chi connectivity index (χ2v) is 5.86. The second-order valence-electron chi connectivity index (χ2n) is 4.84. The van der Waals surface area contributed by atoms with E-state index in [1.54, 1.807) is 10.9 Å². The smallest absolute Gasteiger partial charge is 0.263 e. The minimum absolute atomic E-state index is 0.184. The van der Waals surface area contributed by atoms with E-state index in [0.717, 1.165) is 15.6 Å². The Kier molecular flexibility index (Phi) is 3.34. The highest BCUT2D eigenvalue weighted by atomic mass is 32.1. The first kappa shape index (κ1) is 13.6. The number of thiophene rings is 1. The number of carbonyl (C=O) groups is 1. The highest BCUT2D eigenvalue weighted by Crippen LogP contribution is 2.35. The quantitative estimate of drug-likeness (QED) is 0.773. The number of hydrogen-bond donors (Lipinski definition) is 2. The van der Waals surface area contributed by atoms with Gasteiger partial charge in [0.1, 0.15) is 11.2 Å². The number of nitrogens with one attached hydrogen (secondary N) is 1. The standard InChI is InChI=1S/C14H15N5OS/c1-8-4-3-5-9-11(15)13(21-12(8)9)14(20)16-6-10-18-17-7-19(10)2/h3-5,7H,6,15H2,1-2H3,(H,16,20). The fraction of sp³-hybridized carbons (Fsp3) is 0.214. The van der Waals surface area contributed by atoms with Crippen molar-refractivity contribution in [2.24, 2.45) is 7.05 Å². The summed E-state index contributed by atoms with van der Waals surface area (Å²) < 4.78 is 2.82. The first-order valence-electron chi connectivity index (χ1n) is 6.46. The van der Waals surface area contributed by atoms with E-state index >= 15 is 0 Å². The maximum Gasteiger partial charge on any atom is 0.263 e. The van der Waals surface area contributed by atoms with Crippen molar-refractivity contribution >= 4 is 33.0 Å². The van der Waals surface area contributed by atoms with Crippen LogP contribution < -0.4 is 11.1 Å². The van der Waals surface area contributed by atoms with Gasteiger partial charge in [-0.2, -0.15) is 0 Å². The maximum absolute atomic E-state index is 12.3. The van der Waals surface area contributed by atoms with Crippen LogP contribution in [0.25, 0.3) is 10.1 Å². The third-order valence-electron chi connectivity index (χ3n) is 3.37. The van der Waals surface area contributed by atoms with Crippen LogP contribution in [0.3, 0.4) is 0 Å². The Morgan fingerprint density at radius 2 is 2.29 bits per heavy atom. The Morgan fingerprint density at radius 1 is 1.48 bits per heavy atom. The number of aryl methyl sites for hydroxylation is 2. The molecular weight excluding hydrogens is 286 g/mol. The fourth-order valence-corrected chi connectivity index (χ4v) is 3.26. The summed E-state index contributed by atoms with van der Waals surface area (Å²) in [6, 6.07) is 5.90. The van der Waals surface area contributed by atoms with Crippen LogP contribution >= 0.6 is 11.3 Å². The average molecular weight is 301 g/mol. The Morgan fingerprint density at radius 3 is 2.95 bits per heavy atom. The van der Waals surface area contributed by atoms with E-state index in [2.05, 4.69) is 15.5 Å². The molecule has 0 saturated carbocycles. The molecule has 0 aliphatic heterocycles. The number of rotatable bonds is 3. The van der Waals surface area contributed by atoms with Gasteiger partial charge in [-0.15, -0.1) is 21.5 Å². The van der Waals surface area contributed by atoms with Crippen LogP contribution in [0.2, 0.25) is 0 Å². The van der Waals surface area contributed by atoms with E-state index in [1.807, 2.05) is 32.2 Å². The Bertz CT molecular complexity index is 820. The lowest BCUT2D eigenvalue weighted by atomic mass is 10.1. The number of amides is 1. The van der Waals surface area contributed by atoms with E-state index in [1.165, 1.54) is 11.3 Å². The van der Waals surface area contributed by atoms with Gasteiger partial charge in [-0.25, -0.2) is 0 Å². The van der Waals surface area contributed by atoms with Crippen LogP contribution in [-0.2, 0) is 13.6 Å². The SMILES string of the molecule is Cc1cccc2c(N)c(C(=O)NCc3nncn3C)sc12. The predicted molar refractivity (Wildman–Crippen MR) is 83.1 cm³/mol. The molecule has 2 heterocycles. The summed E-state index contributed by atoms with van der Waals surface area (Å²) in [6.07, 6.45) is 1.60. The lowest BCUT2D eigenvalue weighted by Gasteiger charge is -2.03. The number of nitrogens with two attached hydrogens (primary N) is 1. The normalized spacial score (nSPS) is 11.0. The fourth-order valence-electron chi connectivity index (χ4n) is 2.15. The molecule has 0 aliphatic carbocycles. The van der Waals surface area contributed by atoms with Gasteiger partial charge in [0.05, 0.1) is 12.2 Å². The molecule has 0 aliphatic rings. The summed E-state index contributed by atoms with van der Waals surface area (Å²) in [6.45, 7) is 2.33. The second kappa shape index (κ2) is 5.17. The number of anilines is 1. The molecule has 0 bridgehead atoms. The van der Waals surface area contributed by atoms with Gasteiger partial charge in [-0.3, -0.25) is 4.79 Å². The highest BCUT2D eigenvalue weighted by molar-refractivity contribution is 7.21. The van der Waals surface area contributed by atoms with Gasteiger partial charge < -0.3 is 15.6 Å². The van der Waals surface area contributed by atoms with Crippen LogP contribution in [0, 0.1) is 6.92 Å². The van der Waals surface area contributed by atoms with Crippen molar-refractivity contribution in [3.63, 3.8) is 0 Å². The van der Waals surface area contributed by atoms with Gasteiger partial charge >= 0.3 is 0 Å². The van der Waals surface area contributed by atoms with Gasteiger partial charge in [0.2, 0.25) is 0 Å². The maximum atomic E-state index is 12.3. The van der Waals surface area contributed by atoms with E-state index in [9.17, 15) is 4.79 Å². The molecule has 3 N–H and O–H groups in total. The van der Waals surface area contributed by atoms with E-state index in [0.29, 0.717) is 22.9 Å². The number of hydrogen-bond acceptors (Lipinski definition) is 5. The first-order valence-corrected chi connectivity index (χ1v) is 7.28.